The molecule has 0 radical (unpaired) electrons. The molecule has 0 fully saturated rings. The Morgan fingerprint density at radius 2 is 2.08 bits per heavy atom. The van der Waals surface area contributed by atoms with E-state index in [0.29, 0.717) is 0 Å². The van der Waals surface area contributed by atoms with Crippen LogP contribution in [0.1, 0.15) is 11.1 Å². The molecule has 1 aliphatic carbocycles. The Labute approximate surface area is 88.2 Å². The van der Waals surface area contributed by atoms with Gasteiger partial charge >= 0.3 is 88.1 Å². The molecule has 13 heavy (non-hydrogen) atoms. The first kappa shape index (κ1) is 8.78. The van der Waals surface area contributed by atoms with Gasteiger partial charge < -0.3 is 0 Å². The van der Waals surface area contributed by atoms with E-state index in [-0.39, 0.29) is 0 Å². The summed E-state index contributed by atoms with van der Waals surface area (Å²) < 4.78 is 2.18. The van der Waals surface area contributed by atoms with Crippen molar-refractivity contribution in [2.45, 2.75) is 6.42 Å². The summed E-state index contributed by atoms with van der Waals surface area (Å²) in [6.45, 7) is 0. The molecule has 0 aliphatic heterocycles. The van der Waals surface area contributed by atoms with Gasteiger partial charge in [-0.15, -0.1) is 0 Å². The Morgan fingerprint density at radius 3 is 2.92 bits per heavy atom. The molecule has 1 aromatic rings. The Morgan fingerprint density at radius 1 is 1.23 bits per heavy atom. The van der Waals surface area contributed by atoms with Gasteiger partial charge in [0, 0.05) is 0 Å². The third-order valence-electron chi connectivity index (χ3n) is 2.28. The van der Waals surface area contributed by atoms with E-state index < -0.39 is 0 Å². The quantitative estimate of drug-likeness (QED) is 0.671. The van der Waals surface area contributed by atoms with E-state index >= 15 is 0 Å². The van der Waals surface area contributed by atoms with Gasteiger partial charge in [-0.05, 0) is 0 Å². The molecule has 1 heteroatoms. The summed E-state index contributed by atoms with van der Waals surface area (Å²) in [6, 6.07) is 8.62. The van der Waals surface area contributed by atoms with Crippen molar-refractivity contribution in [2.24, 2.45) is 0 Å². The maximum absolute atomic E-state index is 2.30. The van der Waals surface area contributed by atoms with Crippen LogP contribution in [0.3, 0.4) is 0 Å². The summed E-state index contributed by atoms with van der Waals surface area (Å²) in [5.41, 5.74) is 4.23. The van der Waals surface area contributed by atoms with Gasteiger partial charge in [0.05, 0.1) is 0 Å². The topological polar surface area (TPSA) is 0 Å². The van der Waals surface area contributed by atoms with Gasteiger partial charge in [-0.3, -0.25) is 0 Å². The predicted molar refractivity (Wildman–Crippen MR) is 53.3 cm³/mol. The number of allylic oxidation sites excluding steroid dienone is 4. The first-order valence-electron chi connectivity index (χ1n) is 4.49. The van der Waals surface area contributed by atoms with Crippen LogP contribution in [0.15, 0.2) is 42.5 Å². The van der Waals surface area contributed by atoms with Gasteiger partial charge in [-0.1, -0.05) is 0 Å². The molecule has 0 unspecified atom stereocenters. The van der Waals surface area contributed by atoms with Crippen LogP contribution in [-0.4, -0.2) is 4.61 Å². The molecule has 0 amide bonds. The molecule has 1 aromatic carbocycles. The second-order valence-corrected chi connectivity index (χ2v) is 4.10. The van der Waals surface area contributed by atoms with Crippen LogP contribution in [0.5, 0.6) is 0 Å². The van der Waals surface area contributed by atoms with Crippen molar-refractivity contribution in [1.82, 2.24) is 0 Å². The van der Waals surface area contributed by atoms with Gasteiger partial charge in [0.15, 0.2) is 0 Å². The molecule has 0 aromatic heterocycles. The molecule has 0 nitrogen and oxygen atoms in total. The van der Waals surface area contributed by atoms with E-state index in [2.05, 4.69) is 47.1 Å². The maximum atomic E-state index is 2.30. The van der Waals surface area contributed by atoms with Crippen molar-refractivity contribution in [3.8, 4) is 0 Å². The van der Waals surface area contributed by atoms with Crippen LogP contribution in [0.4, 0.5) is 0 Å². The van der Waals surface area contributed by atoms with E-state index in [0.717, 1.165) is 6.42 Å². The Bertz CT molecular complexity index is 386. The van der Waals surface area contributed by atoms with Crippen LogP contribution in [0.25, 0.3) is 5.57 Å². The van der Waals surface area contributed by atoms with E-state index in [1.807, 2.05) is 0 Å². The summed E-state index contributed by atoms with van der Waals surface area (Å²) in [4.78, 5) is 0. The van der Waals surface area contributed by atoms with Crippen LogP contribution < -0.4 is 0 Å². The van der Waals surface area contributed by atoms with Gasteiger partial charge in [-0.2, -0.15) is 0 Å². The summed E-state index contributed by atoms with van der Waals surface area (Å²) in [7, 11) is 0. The zero-order valence-electron chi connectivity index (χ0n) is 7.53. The fourth-order valence-electron chi connectivity index (χ4n) is 1.64. The first-order valence-corrected chi connectivity index (χ1v) is 6.20. The van der Waals surface area contributed by atoms with Crippen molar-refractivity contribution in [3.63, 3.8) is 0 Å². The van der Waals surface area contributed by atoms with Crippen LogP contribution in [-0.2, 0) is 24.3 Å². The summed E-state index contributed by atoms with van der Waals surface area (Å²) >= 11 is 1.23. The van der Waals surface area contributed by atoms with Crippen LogP contribution >= 0.6 is 0 Å². The minimum absolute atomic E-state index is 1.09. The minimum atomic E-state index is 1.09. The van der Waals surface area contributed by atoms with Gasteiger partial charge in [0.2, 0.25) is 0 Å². The zero-order chi connectivity index (χ0) is 9.10. The van der Waals surface area contributed by atoms with Crippen molar-refractivity contribution >= 4 is 10.2 Å². The number of hydrogen-bond donors (Lipinski definition) is 0. The molecule has 2 rings (SSSR count). The molecule has 0 N–H and O–H groups in total. The van der Waals surface area contributed by atoms with Gasteiger partial charge in [-0.25, -0.2) is 0 Å². The number of rotatable bonds is 2. The van der Waals surface area contributed by atoms with Crippen molar-refractivity contribution in [1.29, 1.82) is 0 Å². The summed E-state index contributed by atoms with van der Waals surface area (Å²) in [5.74, 6) is 0. The molecule has 0 bridgehead atoms. The van der Waals surface area contributed by atoms with Crippen LogP contribution in [0.2, 0.25) is 0 Å². The molecule has 0 heterocycles. The molecule has 0 saturated carbocycles. The number of fused-ring (bicyclic) bond motifs is 1. The third-order valence-corrected chi connectivity index (χ3v) is 2.85. The Kier molecular flexibility index (Phi) is 2.66. The Hall–Kier alpha value is -0.807. The van der Waals surface area contributed by atoms with Crippen molar-refractivity contribution in [3.05, 3.63) is 53.6 Å². The fourth-order valence-corrected chi connectivity index (χ4v) is 1.92. The predicted octanol–water partition coefficient (Wildman–Crippen LogP) is 2.53. The monoisotopic (exact) mass is 218 g/mol. The zero-order valence-corrected chi connectivity index (χ0v) is 10.5. The second kappa shape index (κ2) is 3.93. The number of hydrogen-bond acceptors (Lipinski definition) is 0. The van der Waals surface area contributed by atoms with E-state index in [1.54, 1.807) is 0 Å². The standard InChI is InChI=1S/C12H10.Zn/c1-2-5-10-8-9-11-6-3-4-7-12(10)11;/h1-8H,9H2;/b5-2-;. The first-order chi connectivity index (χ1) is 6.42. The number of benzene rings is 1. The van der Waals surface area contributed by atoms with Crippen molar-refractivity contribution < 1.29 is 17.9 Å². The van der Waals surface area contributed by atoms with E-state index in [1.165, 1.54) is 34.6 Å². The molecule has 1 aliphatic rings. The second-order valence-electron chi connectivity index (χ2n) is 3.12. The normalized spacial score (nSPS) is 14.5. The van der Waals surface area contributed by atoms with E-state index in [9.17, 15) is 0 Å². The molecular formula is C12H10Zn. The molecule has 0 spiro atoms. The third kappa shape index (κ3) is 1.76. The van der Waals surface area contributed by atoms with E-state index in [4.69, 9.17) is 0 Å². The average Bonchev–Trinajstić information content (AvgIpc) is 2.58. The fraction of sp³-hybridized carbons (Fsp3) is 0.0833. The van der Waals surface area contributed by atoms with Gasteiger partial charge in [0.1, 0.15) is 0 Å². The van der Waals surface area contributed by atoms with Gasteiger partial charge in [0.25, 0.3) is 0 Å². The Balaban J connectivity index is 2.35. The van der Waals surface area contributed by atoms with Crippen molar-refractivity contribution in [2.75, 3.05) is 0 Å². The average molecular weight is 220 g/mol. The van der Waals surface area contributed by atoms with Crippen LogP contribution in [0, 0.1) is 0 Å². The molecule has 0 saturated heterocycles. The molecule has 0 atom stereocenters. The summed E-state index contributed by atoms with van der Waals surface area (Å²) in [5, 5.41) is 0. The summed E-state index contributed by atoms with van der Waals surface area (Å²) in [6.07, 6.45) is 7.74. The molecular weight excluding hydrogens is 210 g/mol. The molecule has 60 valence electrons. The SMILES string of the molecule is [Zn]=[CH]/C=C\C1=CCc2ccccc21.